The van der Waals surface area contributed by atoms with Crippen LogP contribution in [0.2, 0.25) is 0 Å². The summed E-state index contributed by atoms with van der Waals surface area (Å²) < 4.78 is 26.6. The van der Waals surface area contributed by atoms with E-state index in [4.69, 9.17) is 5.26 Å². The van der Waals surface area contributed by atoms with Gasteiger partial charge in [-0.1, -0.05) is 0 Å². The molecule has 1 rings (SSSR count). The van der Waals surface area contributed by atoms with Crippen molar-refractivity contribution < 1.29 is 8.78 Å². The van der Waals surface area contributed by atoms with Crippen molar-refractivity contribution in [1.29, 1.82) is 5.26 Å². The first-order chi connectivity index (χ1) is 6.56. The average molecular weight is 196 g/mol. The summed E-state index contributed by atoms with van der Waals surface area (Å²) in [7, 11) is 3.12. The molecule has 1 aromatic rings. The maximum atomic E-state index is 13.3. The van der Waals surface area contributed by atoms with E-state index < -0.39 is 11.6 Å². The third-order valence-corrected chi connectivity index (χ3v) is 1.81. The normalized spacial score (nSPS) is 9.64. The Morgan fingerprint density at radius 3 is 2.14 bits per heavy atom. The molecule has 4 heteroatoms. The molecule has 0 heterocycles. The molecule has 0 amide bonds. The van der Waals surface area contributed by atoms with Crippen LogP contribution in [0, 0.1) is 23.0 Å². The summed E-state index contributed by atoms with van der Waals surface area (Å²) in [6, 6.07) is 4.20. The van der Waals surface area contributed by atoms with Crippen molar-refractivity contribution >= 4 is 5.69 Å². The molecule has 74 valence electrons. The lowest BCUT2D eigenvalue weighted by Crippen LogP contribution is -2.13. The third-order valence-electron chi connectivity index (χ3n) is 1.81. The Morgan fingerprint density at radius 1 is 1.29 bits per heavy atom. The molecular weight excluding hydrogens is 186 g/mol. The highest BCUT2D eigenvalue weighted by atomic mass is 19.1. The molecular formula is C10H10F2N2. The maximum absolute atomic E-state index is 13.3. The van der Waals surface area contributed by atoms with Gasteiger partial charge in [0.2, 0.25) is 0 Å². The minimum Gasteiger partial charge on any atom is -0.373 e. The standard InChI is InChI=1S/C10H10F2N2/c1-14(2)10-8(11)5-7(3-4-13)6-9(10)12/h5-6H,3H2,1-2H3. The van der Waals surface area contributed by atoms with Crippen molar-refractivity contribution in [2.24, 2.45) is 0 Å². The van der Waals surface area contributed by atoms with Gasteiger partial charge in [0, 0.05) is 14.1 Å². The fourth-order valence-corrected chi connectivity index (χ4v) is 1.24. The highest BCUT2D eigenvalue weighted by molar-refractivity contribution is 5.49. The van der Waals surface area contributed by atoms with Crippen LogP contribution in [0.3, 0.4) is 0 Å². The van der Waals surface area contributed by atoms with E-state index in [0.29, 0.717) is 5.56 Å². The Hall–Kier alpha value is -1.63. The van der Waals surface area contributed by atoms with Gasteiger partial charge in [-0.2, -0.15) is 5.26 Å². The molecule has 2 nitrogen and oxygen atoms in total. The number of hydrogen-bond donors (Lipinski definition) is 0. The second kappa shape index (κ2) is 4.05. The Morgan fingerprint density at radius 2 is 1.79 bits per heavy atom. The number of anilines is 1. The molecule has 0 saturated heterocycles. The quantitative estimate of drug-likeness (QED) is 0.724. The molecule has 0 bridgehead atoms. The summed E-state index contributed by atoms with van der Waals surface area (Å²) in [5, 5.41) is 8.37. The van der Waals surface area contributed by atoms with Gasteiger partial charge in [-0.3, -0.25) is 0 Å². The van der Waals surface area contributed by atoms with Crippen LogP contribution >= 0.6 is 0 Å². The molecule has 0 saturated carbocycles. The van der Waals surface area contributed by atoms with Crippen LogP contribution in [-0.4, -0.2) is 14.1 Å². The fourth-order valence-electron chi connectivity index (χ4n) is 1.24. The Balaban J connectivity index is 3.19. The van der Waals surface area contributed by atoms with E-state index in [1.807, 2.05) is 6.07 Å². The third kappa shape index (κ3) is 1.99. The van der Waals surface area contributed by atoms with Crippen molar-refractivity contribution in [1.82, 2.24) is 0 Å². The predicted octanol–water partition coefficient (Wildman–Crippen LogP) is 2.10. The molecule has 14 heavy (non-hydrogen) atoms. The van der Waals surface area contributed by atoms with Crippen LogP contribution < -0.4 is 4.90 Å². The van der Waals surface area contributed by atoms with Gasteiger partial charge in [-0.15, -0.1) is 0 Å². The van der Waals surface area contributed by atoms with E-state index in [1.54, 1.807) is 14.1 Å². The summed E-state index contributed by atoms with van der Waals surface area (Å²) in [5.41, 5.74) is 0.278. The maximum Gasteiger partial charge on any atom is 0.149 e. The zero-order valence-electron chi connectivity index (χ0n) is 8.01. The van der Waals surface area contributed by atoms with E-state index in [-0.39, 0.29) is 12.1 Å². The van der Waals surface area contributed by atoms with Crippen LogP contribution in [0.4, 0.5) is 14.5 Å². The molecule has 0 aliphatic rings. The van der Waals surface area contributed by atoms with Crippen LogP contribution in [0.1, 0.15) is 5.56 Å². The van der Waals surface area contributed by atoms with Gasteiger partial charge in [0.25, 0.3) is 0 Å². The van der Waals surface area contributed by atoms with Crippen molar-refractivity contribution in [2.75, 3.05) is 19.0 Å². The van der Waals surface area contributed by atoms with Gasteiger partial charge in [0.1, 0.15) is 17.3 Å². The zero-order chi connectivity index (χ0) is 10.7. The number of nitriles is 1. The lowest BCUT2D eigenvalue weighted by atomic mass is 10.1. The summed E-state index contributed by atoms with van der Waals surface area (Å²) in [4.78, 5) is 1.36. The number of halogens is 2. The lowest BCUT2D eigenvalue weighted by Gasteiger charge is -2.14. The average Bonchev–Trinajstić information content (AvgIpc) is 2.01. The Bertz CT molecular complexity index is 357. The largest absolute Gasteiger partial charge is 0.373 e. The summed E-state index contributed by atoms with van der Waals surface area (Å²) >= 11 is 0. The molecule has 0 radical (unpaired) electrons. The second-order valence-corrected chi connectivity index (χ2v) is 3.14. The Labute approximate surface area is 81.4 Å². The zero-order valence-corrected chi connectivity index (χ0v) is 8.01. The molecule has 0 fully saturated rings. The first kappa shape index (κ1) is 10.5. The van der Waals surface area contributed by atoms with Crippen molar-refractivity contribution in [3.63, 3.8) is 0 Å². The molecule has 0 aliphatic heterocycles. The van der Waals surface area contributed by atoms with Gasteiger partial charge in [-0.05, 0) is 17.7 Å². The molecule has 0 unspecified atom stereocenters. The summed E-state index contributed by atoms with van der Waals surface area (Å²) in [5.74, 6) is -1.28. The van der Waals surface area contributed by atoms with Gasteiger partial charge < -0.3 is 4.90 Å². The fraction of sp³-hybridized carbons (Fsp3) is 0.300. The van der Waals surface area contributed by atoms with Gasteiger partial charge in [-0.25, -0.2) is 8.78 Å². The molecule has 0 aromatic heterocycles. The van der Waals surface area contributed by atoms with Crippen LogP contribution in [0.15, 0.2) is 12.1 Å². The molecule has 0 spiro atoms. The monoisotopic (exact) mass is 196 g/mol. The van der Waals surface area contributed by atoms with E-state index in [9.17, 15) is 8.78 Å². The van der Waals surface area contributed by atoms with Crippen LogP contribution in [-0.2, 0) is 6.42 Å². The smallest absolute Gasteiger partial charge is 0.149 e. The summed E-state index contributed by atoms with van der Waals surface area (Å²) in [6.45, 7) is 0. The Kier molecular flexibility index (Phi) is 3.03. The minimum absolute atomic E-state index is 0.0154. The van der Waals surface area contributed by atoms with Crippen LogP contribution in [0.5, 0.6) is 0 Å². The highest BCUT2D eigenvalue weighted by Crippen LogP contribution is 2.23. The number of benzene rings is 1. The van der Waals surface area contributed by atoms with Gasteiger partial charge in [0.15, 0.2) is 0 Å². The lowest BCUT2D eigenvalue weighted by molar-refractivity contribution is 0.579. The highest BCUT2D eigenvalue weighted by Gasteiger charge is 2.12. The minimum atomic E-state index is -0.639. The summed E-state index contributed by atoms with van der Waals surface area (Å²) in [6.07, 6.45) is 0.0154. The first-order valence-electron chi connectivity index (χ1n) is 4.08. The topological polar surface area (TPSA) is 27.0 Å². The van der Waals surface area contributed by atoms with Crippen molar-refractivity contribution in [3.8, 4) is 6.07 Å². The molecule has 0 N–H and O–H groups in total. The molecule has 0 atom stereocenters. The SMILES string of the molecule is CN(C)c1c(F)cc(CC#N)cc1F. The van der Waals surface area contributed by atoms with Gasteiger partial charge in [0.05, 0.1) is 12.5 Å². The second-order valence-electron chi connectivity index (χ2n) is 3.14. The van der Waals surface area contributed by atoms with E-state index in [2.05, 4.69) is 0 Å². The van der Waals surface area contributed by atoms with Crippen LogP contribution in [0.25, 0.3) is 0 Å². The first-order valence-corrected chi connectivity index (χ1v) is 4.08. The van der Waals surface area contributed by atoms with Gasteiger partial charge >= 0.3 is 0 Å². The molecule has 1 aromatic carbocycles. The molecule has 0 aliphatic carbocycles. The van der Waals surface area contributed by atoms with E-state index in [0.717, 1.165) is 0 Å². The van der Waals surface area contributed by atoms with Crippen molar-refractivity contribution in [3.05, 3.63) is 29.3 Å². The van der Waals surface area contributed by atoms with Crippen molar-refractivity contribution in [2.45, 2.75) is 6.42 Å². The number of nitrogens with zero attached hydrogens (tertiary/aromatic N) is 2. The van der Waals surface area contributed by atoms with E-state index in [1.165, 1.54) is 17.0 Å². The number of rotatable bonds is 2. The predicted molar refractivity (Wildman–Crippen MR) is 50.0 cm³/mol. The number of hydrogen-bond acceptors (Lipinski definition) is 2. The van der Waals surface area contributed by atoms with E-state index >= 15 is 0 Å².